The zero-order valence-electron chi connectivity index (χ0n) is 54.3. The molecule has 94 heavy (non-hydrogen) atoms. The van der Waals surface area contributed by atoms with Crippen molar-refractivity contribution >= 4 is 47.3 Å². The summed E-state index contributed by atoms with van der Waals surface area (Å²) in [4.78, 5) is 106. The SMILES string of the molecule is Cc1cc(O)cc(C)c1C[C@H](N)C(=O)N[C@H](CCCN=C(N)N)C(=O)N[C@@H](Cc1ccccc1)C(=O)N[C@@H](CCCCN)C(=O)NCCNC(=O)[C@H](Cc1ccccc1)NC(=O)[C@H](CC1CCCCC1)NC[C@@H]1Cc2ccccc2CN1C(=O)[C@@H](N)Cc1ccc(O)cc1. The average molecular weight is 1290 g/mol. The summed E-state index contributed by atoms with van der Waals surface area (Å²) in [5.41, 5.74) is 36.8. The van der Waals surface area contributed by atoms with Gasteiger partial charge in [0.15, 0.2) is 5.96 Å². The van der Waals surface area contributed by atoms with Crippen molar-refractivity contribution in [2.45, 2.75) is 171 Å². The third-order valence-electron chi connectivity index (χ3n) is 17.7. The lowest BCUT2D eigenvalue weighted by molar-refractivity contribution is -0.136. The highest BCUT2D eigenvalue weighted by atomic mass is 16.3. The highest BCUT2D eigenvalue weighted by Crippen LogP contribution is 2.29. The van der Waals surface area contributed by atoms with Gasteiger partial charge in [-0.25, -0.2) is 0 Å². The number of benzene rings is 5. The molecule has 23 heteroatoms. The van der Waals surface area contributed by atoms with Gasteiger partial charge < -0.3 is 81.0 Å². The maximum Gasteiger partial charge on any atom is 0.243 e. The van der Waals surface area contributed by atoms with E-state index in [0.717, 1.165) is 71.0 Å². The lowest BCUT2D eigenvalue weighted by atomic mass is 9.84. The fourth-order valence-corrected chi connectivity index (χ4v) is 12.5. The molecule has 8 atom stereocenters. The Labute approximate surface area is 552 Å². The topological polar surface area (TPSA) is 390 Å². The highest BCUT2D eigenvalue weighted by molar-refractivity contribution is 5.95. The second-order valence-corrected chi connectivity index (χ2v) is 25.1. The summed E-state index contributed by atoms with van der Waals surface area (Å²) in [6, 6.07) is 28.6. The number of amides is 7. The van der Waals surface area contributed by atoms with Gasteiger partial charge in [0, 0.05) is 51.6 Å². The zero-order chi connectivity index (χ0) is 67.5. The molecule has 0 bridgehead atoms. The van der Waals surface area contributed by atoms with Crippen molar-refractivity contribution in [3.05, 3.63) is 166 Å². The molecule has 5 aromatic carbocycles. The Balaban J connectivity index is 1.02. The predicted octanol–water partition coefficient (Wildman–Crippen LogP) is 2.88. The van der Waals surface area contributed by atoms with E-state index in [4.69, 9.17) is 28.7 Å². The summed E-state index contributed by atoms with van der Waals surface area (Å²) in [5, 5.41) is 40.9. The van der Waals surface area contributed by atoms with Crippen molar-refractivity contribution in [3.63, 3.8) is 0 Å². The minimum atomic E-state index is -1.24. The molecule has 1 aliphatic heterocycles. The normalized spacial score (nSPS) is 16.1. The molecular weight excluding hydrogens is 1190 g/mol. The molecule has 0 radical (unpaired) electrons. The number of hydrogen-bond donors (Lipinski definition) is 14. The first-order valence-corrected chi connectivity index (χ1v) is 33.0. The van der Waals surface area contributed by atoms with Crippen molar-refractivity contribution in [3.8, 4) is 11.5 Å². The average Bonchev–Trinajstić information content (AvgIpc) is 0.815. The lowest BCUT2D eigenvalue weighted by Crippen LogP contribution is -2.59. The number of nitrogens with one attached hydrogen (secondary N) is 7. The summed E-state index contributed by atoms with van der Waals surface area (Å²) in [7, 11) is 0. The molecule has 1 aliphatic carbocycles. The number of hydrogen-bond acceptors (Lipinski definition) is 14. The number of fused-ring (bicyclic) bond motifs is 1. The first-order valence-electron chi connectivity index (χ1n) is 33.0. The molecule has 23 nitrogen and oxygen atoms in total. The molecule has 19 N–H and O–H groups in total. The fraction of sp³-hybridized carbons (Fsp3) is 0.465. The van der Waals surface area contributed by atoms with Crippen LogP contribution in [0.25, 0.3) is 0 Å². The molecule has 5 aromatic rings. The molecule has 1 heterocycles. The largest absolute Gasteiger partial charge is 0.508 e. The van der Waals surface area contributed by atoms with Gasteiger partial charge in [-0.05, 0) is 153 Å². The number of phenolic OH excluding ortho intramolecular Hbond substituents is 2. The molecule has 1 saturated carbocycles. The lowest BCUT2D eigenvalue weighted by Gasteiger charge is -2.39. The highest BCUT2D eigenvalue weighted by Gasteiger charge is 2.36. The molecule has 2 aliphatic rings. The van der Waals surface area contributed by atoms with Gasteiger partial charge in [0.25, 0.3) is 0 Å². The van der Waals surface area contributed by atoms with E-state index >= 15 is 0 Å². The van der Waals surface area contributed by atoms with E-state index in [1.165, 1.54) is 0 Å². The summed E-state index contributed by atoms with van der Waals surface area (Å²) in [5.74, 6) is -3.27. The molecule has 506 valence electrons. The Bertz CT molecular complexity index is 3290. The number of nitrogens with zero attached hydrogens (tertiary/aromatic N) is 2. The molecule has 0 unspecified atom stereocenters. The van der Waals surface area contributed by atoms with Gasteiger partial charge in [-0.2, -0.15) is 0 Å². The second-order valence-electron chi connectivity index (χ2n) is 25.1. The third-order valence-corrected chi connectivity index (χ3v) is 17.7. The van der Waals surface area contributed by atoms with Crippen LogP contribution in [0.2, 0.25) is 0 Å². The van der Waals surface area contributed by atoms with Crippen LogP contribution in [-0.2, 0) is 72.2 Å². The Morgan fingerprint density at radius 2 is 1.06 bits per heavy atom. The van der Waals surface area contributed by atoms with Gasteiger partial charge in [-0.15, -0.1) is 0 Å². The van der Waals surface area contributed by atoms with Crippen LogP contribution in [0, 0.1) is 19.8 Å². The van der Waals surface area contributed by atoms with Crippen LogP contribution in [0.4, 0.5) is 0 Å². The molecule has 0 saturated heterocycles. The number of nitrogens with two attached hydrogens (primary N) is 5. The monoisotopic (exact) mass is 1290 g/mol. The van der Waals surface area contributed by atoms with E-state index in [1.54, 1.807) is 74.5 Å². The summed E-state index contributed by atoms with van der Waals surface area (Å²) in [6.45, 7) is 4.62. The number of aromatic hydroxyl groups is 2. The van der Waals surface area contributed by atoms with Crippen molar-refractivity contribution in [2.75, 3.05) is 32.7 Å². The van der Waals surface area contributed by atoms with E-state index in [0.29, 0.717) is 44.3 Å². The molecule has 7 rings (SSSR count). The number of phenols is 2. The molecule has 0 aromatic heterocycles. The second kappa shape index (κ2) is 37.1. The Kier molecular flexibility index (Phi) is 28.6. The quantitative estimate of drug-likeness (QED) is 0.0158. The molecule has 1 fully saturated rings. The molecular formula is C71H98N14O9. The number of rotatable bonds is 35. The summed E-state index contributed by atoms with van der Waals surface area (Å²) >= 11 is 0. The van der Waals surface area contributed by atoms with E-state index in [1.807, 2.05) is 59.5 Å². The van der Waals surface area contributed by atoms with Gasteiger partial charge in [0.2, 0.25) is 41.4 Å². The smallest absolute Gasteiger partial charge is 0.243 e. The van der Waals surface area contributed by atoms with Crippen LogP contribution in [-0.4, -0.2) is 143 Å². The van der Waals surface area contributed by atoms with Gasteiger partial charge in [0.05, 0.1) is 18.1 Å². The third kappa shape index (κ3) is 23.0. The van der Waals surface area contributed by atoms with Crippen molar-refractivity contribution in [2.24, 2.45) is 39.6 Å². The number of aliphatic imine (C=N–C) groups is 1. The van der Waals surface area contributed by atoms with E-state index in [9.17, 15) is 43.8 Å². The zero-order valence-corrected chi connectivity index (χ0v) is 54.3. The van der Waals surface area contributed by atoms with Crippen molar-refractivity contribution in [1.82, 2.24) is 42.1 Å². The van der Waals surface area contributed by atoms with Crippen LogP contribution in [0.3, 0.4) is 0 Å². The minimum Gasteiger partial charge on any atom is -0.508 e. The summed E-state index contributed by atoms with van der Waals surface area (Å²) < 4.78 is 0. The van der Waals surface area contributed by atoms with Crippen LogP contribution in [0.5, 0.6) is 11.5 Å². The van der Waals surface area contributed by atoms with Gasteiger partial charge in [0.1, 0.15) is 35.7 Å². The van der Waals surface area contributed by atoms with Crippen LogP contribution < -0.4 is 65.9 Å². The number of aryl methyl sites for hydroxylation is 2. The van der Waals surface area contributed by atoms with E-state index in [2.05, 4.69) is 48.3 Å². The Hall–Kier alpha value is -8.90. The fourth-order valence-electron chi connectivity index (χ4n) is 12.5. The standard InChI is InChI=1S/C71H98N14O9/c1-45-35-55(87)36-46(2)56(45)42-57(73)64(88)81-60(26-16-32-79-71(75)76)67(91)84-63(40-49-21-10-5-11-22-49)69(93)82-59(25-14-15-31-72)65(89)77-33-34-78-66(90)62(39-48-19-8-4-9-20-48)83-68(92)61(38-47-17-6-3-7-18-47)80-43-53-41-51-23-12-13-24-52(51)44-85(53)70(94)58(74)37-50-27-29-54(86)30-28-50/h4-5,8-13,19-24,27-30,35-36,47,53,57-63,80,86-87H,3,6-7,14-18,25-26,31-34,37-44,72-74H2,1-2H3,(H,77,89)(H,78,90)(H,81,88)(H,82,93)(H,83,92)(H,84,91)(H4,75,76,79)/t53-,57-,58-,59-,60+,61-,62-,63-/m0/s1. The van der Waals surface area contributed by atoms with Gasteiger partial charge >= 0.3 is 0 Å². The van der Waals surface area contributed by atoms with Gasteiger partial charge in [-0.1, -0.05) is 129 Å². The van der Waals surface area contributed by atoms with Crippen LogP contribution >= 0.6 is 0 Å². The molecule has 7 amide bonds. The maximum absolute atomic E-state index is 14.9. The number of guanidine groups is 1. The number of carbonyl (C=O) groups is 7. The number of unbranched alkanes of at least 4 members (excludes halogenated alkanes) is 1. The first kappa shape index (κ1) is 72.5. The van der Waals surface area contributed by atoms with E-state index < -0.39 is 71.8 Å². The van der Waals surface area contributed by atoms with Crippen molar-refractivity contribution in [1.29, 1.82) is 0 Å². The van der Waals surface area contributed by atoms with Gasteiger partial charge in [-0.3, -0.25) is 38.6 Å². The van der Waals surface area contributed by atoms with E-state index in [-0.39, 0.29) is 112 Å². The Morgan fingerprint density at radius 1 is 0.553 bits per heavy atom. The number of carbonyl (C=O) groups excluding carboxylic acids is 7. The predicted molar refractivity (Wildman–Crippen MR) is 363 cm³/mol. The molecule has 0 spiro atoms. The maximum atomic E-state index is 14.9. The summed E-state index contributed by atoms with van der Waals surface area (Å²) in [6.07, 6.45) is 8.32. The van der Waals surface area contributed by atoms with Crippen molar-refractivity contribution < 1.29 is 43.8 Å². The van der Waals surface area contributed by atoms with Crippen LogP contribution in [0.1, 0.15) is 115 Å². The first-order chi connectivity index (χ1) is 45.2. The Morgan fingerprint density at radius 3 is 1.67 bits per heavy atom. The minimum absolute atomic E-state index is 0.0153. The van der Waals surface area contributed by atoms with Crippen LogP contribution in [0.15, 0.2) is 126 Å².